The number of aromatic nitrogens is 1. The standard InChI is InChI=1S/C17H17FN4O3/c1-24-17(23)16-15(20)11(9-19)10-22(16)14-8-12(18)2-3-13(14)21-4-6-25-7-5-21/h2-3,8,10H,4-7,20H2,1H3. The molecule has 1 aromatic carbocycles. The molecule has 0 bridgehead atoms. The molecule has 0 amide bonds. The molecule has 2 aromatic rings. The van der Waals surface area contributed by atoms with Crippen molar-refractivity contribution in [3.8, 4) is 11.8 Å². The summed E-state index contributed by atoms with van der Waals surface area (Å²) in [6, 6.07) is 6.23. The minimum absolute atomic E-state index is 0.000778. The van der Waals surface area contributed by atoms with Gasteiger partial charge in [0.05, 0.1) is 42.9 Å². The fourth-order valence-electron chi connectivity index (χ4n) is 2.87. The predicted octanol–water partition coefficient (Wildman–Crippen LogP) is 1.69. The number of methoxy groups -OCH3 is 1. The average Bonchev–Trinajstić information content (AvgIpc) is 2.98. The topological polar surface area (TPSA) is 93.5 Å². The summed E-state index contributed by atoms with van der Waals surface area (Å²) in [5, 5.41) is 9.23. The summed E-state index contributed by atoms with van der Waals surface area (Å²) in [5.74, 6) is -1.16. The second-order valence-electron chi connectivity index (χ2n) is 5.51. The Morgan fingerprint density at radius 2 is 2.08 bits per heavy atom. The first-order chi connectivity index (χ1) is 12.1. The lowest BCUT2D eigenvalue weighted by Crippen LogP contribution is -2.37. The van der Waals surface area contributed by atoms with Crippen LogP contribution >= 0.6 is 0 Å². The smallest absolute Gasteiger partial charge is 0.357 e. The Hall–Kier alpha value is -3.05. The Kier molecular flexibility index (Phi) is 4.59. The zero-order chi connectivity index (χ0) is 18.0. The first-order valence-electron chi connectivity index (χ1n) is 7.68. The molecule has 0 radical (unpaired) electrons. The summed E-state index contributed by atoms with van der Waals surface area (Å²) in [7, 11) is 1.22. The summed E-state index contributed by atoms with van der Waals surface area (Å²) in [5.41, 5.74) is 7.18. The molecular weight excluding hydrogens is 327 g/mol. The van der Waals surface area contributed by atoms with Crippen molar-refractivity contribution in [2.45, 2.75) is 0 Å². The average molecular weight is 344 g/mol. The van der Waals surface area contributed by atoms with Gasteiger partial charge in [0, 0.05) is 19.3 Å². The van der Waals surface area contributed by atoms with Crippen LogP contribution in [0.4, 0.5) is 15.8 Å². The van der Waals surface area contributed by atoms with Crippen molar-refractivity contribution in [1.29, 1.82) is 5.26 Å². The van der Waals surface area contributed by atoms with Crippen LogP contribution in [0.1, 0.15) is 16.1 Å². The predicted molar refractivity (Wildman–Crippen MR) is 89.2 cm³/mol. The quantitative estimate of drug-likeness (QED) is 0.852. The number of nitriles is 1. The number of hydrogen-bond acceptors (Lipinski definition) is 6. The van der Waals surface area contributed by atoms with Crippen LogP contribution in [0.15, 0.2) is 24.4 Å². The summed E-state index contributed by atoms with van der Waals surface area (Å²) in [6.07, 6.45) is 1.42. The molecule has 0 unspecified atom stereocenters. The van der Waals surface area contributed by atoms with Gasteiger partial charge in [-0.3, -0.25) is 0 Å². The van der Waals surface area contributed by atoms with Crippen LogP contribution in [0.25, 0.3) is 5.69 Å². The van der Waals surface area contributed by atoms with Crippen LogP contribution in [-0.2, 0) is 9.47 Å². The Labute approximate surface area is 144 Å². The maximum Gasteiger partial charge on any atom is 0.357 e. The second kappa shape index (κ2) is 6.83. The van der Waals surface area contributed by atoms with Gasteiger partial charge in [-0.25, -0.2) is 9.18 Å². The molecule has 1 aliphatic rings. The molecule has 1 aromatic heterocycles. The third kappa shape index (κ3) is 3.02. The van der Waals surface area contributed by atoms with Crippen LogP contribution in [0.3, 0.4) is 0 Å². The zero-order valence-corrected chi connectivity index (χ0v) is 13.7. The Morgan fingerprint density at radius 1 is 1.36 bits per heavy atom. The van der Waals surface area contributed by atoms with Gasteiger partial charge in [-0.05, 0) is 18.2 Å². The SMILES string of the molecule is COC(=O)c1c(N)c(C#N)cn1-c1cc(F)ccc1N1CCOCC1. The van der Waals surface area contributed by atoms with E-state index in [1.165, 1.54) is 30.0 Å². The number of morpholine rings is 1. The van der Waals surface area contributed by atoms with Gasteiger partial charge in [0.25, 0.3) is 0 Å². The van der Waals surface area contributed by atoms with Crippen molar-refractivity contribution < 1.29 is 18.7 Å². The van der Waals surface area contributed by atoms with Gasteiger partial charge in [0.2, 0.25) is 0 Å². The number of nitrogens with zero attached hydrogens (tertiary/aromatic N) is 3. The van der Waals surface area contributed by atoms with E-state index in [0.717, 1.165) is 0 Å². The molecule has 0 saturated carbocycles. The van der Waals surface area contributed by atoms with E-state index in [4.69, 9.17) is 15.2 Å². The zero-order valence-electron chi connectivity index (χ0n) is 13.7. The van der Waals surface area contributed by atoms with E-state index in [1.807, 2.05) is 11.0 Å². The molecule has 25 heavy (non-hydrogen) atoms. The number of benzene rings is 1. The lowest BCUT2D eigenvalue weighted by Gasteiger charge is -2.31. The van der Waals surface area contributed by atoms with E-state index in [2.05, 4.69) is 0 Å². The van der Waals surface area contributed by atoms with E-state index in [-0.39, 0.29) is 16.9 Å². The minimum Gasteiger partial charge on any atom is -0.464 e. The number of anilines is 2. The van der Waals surface area contributed by atoms with Gasteiger partial charge in [0.15, 0.2) is 5.69 Å². The molecular formula is C17H17FN4O3. The van der Waals surface area contributed by atoms with E-state index in [1.54, 1.807) is 6.07 Å². The molecule has 3 rings (SSSR count). The molecule has 1 saturated heterocycles. The number of esters is 1. The Morgan fingerprint density at radius 3 is 2.72 bits per heavy atom. The molecule has 1 fully saturated rings. The van der Waals surface area contributed by atoms with Crippen LogP contribution in [-0.4, -0.2) is 43.9 Å². The maximum absolute atomic E-state index is 13.9. The number of ether oxygens (including phenoxy) is 2. The summed E-state index contributed by atoms with van der Waals surface area (Å²) in [4.78, 5) is 14.2. The van der Waals surface area contributed by atoms with E-state index in [9.17, 15) is 14.4 Å². The number of nitrogen functional groups attached to an aromatic ring is 1. The molecule has 2 heterocycles. The van der Waals surface area contributed by atoms with Gasteiger partial charge >= 0.3 is 5.97 Å². The van der Waals surface area contributed by atoms with Crippen LogP contribution in [0.2, 0.25) is 0 Å². The molecule has 8 heteroatoms. The molecule has 2 N–H and O–H groups in total. The molecule has 7 nitrogen and oxygen atoms in total. The fourth-order valence-corrected chi connectivity index (χ4v) is 2.87. The lowest BCUT2D eigenvalue weighted by atomic mass is 10.2. The van der Waals surface area contributed by atoms with Crippen molar-refractivity contribution in [3.63, 3.8) is 0 Å². The van der Waals surface area contributed by atoms with Gasteiger partial charge in [-0.15, -0.1) is 0 Å². The number of hydrogen-bond donors (Lipinski definition) is 1. The van der Waals surface area contributed by atoms with Crippen LogP contribution in [0.5, 0.6) is 0 Å². The fraction of sp³-hybridized carbons (Fsp3) is 0.294. The molecule has 130 valence electrons. The number of rotatable bonds is 3. The summed E-state index contributed by atoms with van der Waals surface area (Å²) >= 11 is 0. The number of carbonyl (C=O) groups excluding carboxylic acids is 1. The largest absolute Gasteiger partial charge is 0.464 e. The normalized spacial score (nSPS) is 14.2. The highest BCUT2D eigenvalue weighted by molar-refractivity contribution is 5.96. The number of nitrogens with two attached hydrogens (primary N) is 1. The van der Waals surface area contributed by atoms with Crippen LogP contribution in [0, 0.1) is 17.1 Å². The van der Waals surface area contributed by atoms with Crippen molar-refractivity contribution in [1.82, 2.24) is 4.57 Å². The lowest BCUT2D eigenvalue weighted by molar-refractivity contribution is 0.0593. The van der Waals surface area contributed by atoms with Gasteiger partial charge in [0.1, 0.15) is 11.9 Å². The molecule has 0 spiro atoms. The summed E-state index contributed by atoms with van der Waals surface area (Å²) < 4.78 is 25.5. The highest BCUT2D eigenvalue weighted by atomic mass is 19.1. The molecule has 1 aliphatic heterocycles. The highest BCUT2D eigenvalue weighted by Crippen LogP contribution is 2.31. The van der Waals surface area contributed by atoms with Crippen molar-refractivity contribution in [2.24, 2.45) is 0 Å². The van der Waals surface area contributed by atoms with Crippen molar-refractivity contribution in [3.05, 3.63) is 41.5 Å². The van der Waals surface area contributed by atoms with Crippen molar-refractivity contribution in [2.75, 3.05) is 44.0 Å². The molecule has 0 atom stereocenters. The Balaban J connectivity index is 2.21. The molecule has 0 aliphatic carbocycles. The third-order valence-electron chi connectivity index (χ3n) is 4.09. The third-order valence-corrected chi connectivity index (χ3v) is 4.09. The maximum atomic E-state index is 13.9. The van der Waals surface area contributed by atoms with Gasteiger partial charge in [-0.2, -0.15) is 5.26 Å². The summed E-state index contributed by atoms with van der Waals surface area (Å²) in [6.45, 7) is 2.37. The van der Waals surface area contributed by atoms with E-state index >= 15 is 0 Å². The van der Waals surface area contributed by atoms with E-state index in [0.29, 0.717) is 37.7 Å². The monoisotopic (exact) mass is 344 g/mol. The number of carbonyl (C=O) groups is 1. The van der Waals surface area contributed by atoms with Crippen molar-refractivity contribution >= 4 is 17.3 Å². The highest BCUT2D eigenvalue weighted by Gasteiger charge is 2.25. The van der Waals surface area contributed by atoms with Crippen LogP contribution < -0.4 is 10.6 Å². The number of halogens is 1. The Bertz CT molecular complexity index is 850. The first-order valence-corrected chi connectivity index (χ1v) is 7.68. The van der Waals surface area contributed by atoms with E-state index < -0.39 is 11.8 Å². The van der Waals surface area contributed by atoms with Gasteiger partial charge in [-0.1, -0.05) is 0 Å². The van der Waals surface area contributed by atoms with Gasteiger partial charge < -0.3 is 24.7 Å². The second-order valence-corrected chi connectivity index (χ2v) is 5.51. The first kappa shape index (κ1) is 16.8. The minimum atomic E-state index is -0.698.